The lowest BCUT2D eigenvalue weighted by molar-refractivity contribution is -0.120. The summed E-state index contributed by atoms with van der Waals surface area (Å²) >= 11 is 0. The summed E-state index contributed by atoms with van der Waals surface area (Å²) in [7, 11) is 0. The summed E-state index contributed by atoms with van der Waals surface area (Å²) in [6.07, 6.45) is 0. The fourth-order valence-electron chi connectivity index (χ4n) is 1.94. The quantitative estimate of drug-likeness (QED) is 0.898. The number of para-hydroxylation sites is 1. The second-order valence-corrected chi connectivity index (χ2v) is 4.69. The van der Waals surface area contributed by atoms with Crippen molar-refractivity contribution in [3.8, 4) is 0 Å². The number of hydrogen-bond donors (Lipinski definition) is 2. The summed E-state index contributed by atoms with van der Waals surface area (Å²) in [6, 6.07) is 15.0. The van der Waals surface area contributed by atoms with Crippen LogP contribution in [0.25, 0.3) is 0 Å². The van der Waals surface area contributed by atoms with Gasteiger partial charge in [0.1, 0.15) is 5.82 Å². The van der Waals surface area contributed by atoms with E-state index in [1.165, 1.54) is 12.1 Å². The Morgan fingerprint density at radius 3 is 2.35 bits per heavy atom. The Morgan fingerprint density at radius 1 is 1.10 bits per heavy atom. The molecule has 0 bridgehead atoms. The van der Waals surface area contributed by atoms with Crippen LogP contribution in [-0.4, -0.2) is 5.91 Å². The molecule has 0 aliphatic rings. The van der Waals surface area contributed by atoms with E-state index in [1.54, 1.807) is 19.1 Å². The molecule has 0 radical (unpaired) electrons. The molecule has 0 saturated carbocycles. The minimum atomic E-state index is -0.461. The van der Waals surface area contributed by atoms with E-state index in [9.17, 15) is 9.18 Å². The van der Waals surface area contributed by atoms with Crippen molar-refractivity contribution < 1.29 is 9.18 Å². The molecule has 0 saturated heterocycles. The first kappa shape index (κ1) is 14.2. The van der Waals surface area contributed by atoms with Gasteiger partial charge in [0.2, 0.25) is 5.91 Å². The van der Waals surface area contributed by atoms with Gasteiger partial charge in [-0.05, 0) is 17.7 Å². The van der Waals surface area contributed by atoms with E-state index < -0.39 is 17.8 Å². The SMILES string of the molecule is CC(C(=O)Nc1ccccc1F)C(N)c1ccccc1. The van der Waals surface area contributed by atoms with Crippen molar-refractivity contribution in [1.29, 1.82) is 0 Å². The molecule has 0 heterocycles. The van der Waals surface area contributed by atoms with Crippen LogP contribution < -0.4 is 11.1 Å². The molecule has 0 aliphatic carbocycles. The molecule has 3 N–H and O–H groups in total. The van der Waals surface area contributed by atoms with E-state index in [-0.39, 0.29) is 11.6 Å². The van der Waals surface area contributed by atoms with Gasteiger partial charge in [-0.15, -0.1) is 0 Å². The van der Waals surface area contributed by atoms with Crippen molar-refractivity contribution in [2.45, 2.75) is 13.0 Å². The second kappa shape index (κ2) is 6.30. The zero-order valence-electron chi connectivity index (χ0n) is 11.2. The molecule has 2 unspecified atom stereocenters. The molecule has 1 amide bonds. The molecule has 2 aromatic carbocycles. The average Bonchev–Trinajstić information content (AvgIpc) is 2.49. The zero-order valence-corrected chi connectivity index (χ0v) is 11.2. The summed E-state index contributed by atoms with van der Waals surface area (Å²) in [5.74, 6) is -1.22. The molecule has 0 spiro atoms. The predicted octanol–water partition coefficient (Wildman–Crippen LogP) is 3.10. The fourth-order valence-corrected chi connectivity index (χ4v) is 1.94. The van der Waals surface area contributed by atoms with Crippen LogP contribution in [0.5, 0.6) is 0 Å². The van der Waals surface area contributed by atoms with Crippen LogP contribution in [0.3, 0.4) is 0 Å². The number of carbonyl (C=O) groups excluding carboxylic acids is 1. The van der Waals surface area contributed by atoms with Gasteiger partial charge in [0.15, 0.2) is 0 Å². The van der Waals surface area contributed by atoms with Crippen LogP contribution >= 0.6 is 0 Å². The lowest BCUT2D eigenvalue weighted by atomic mass is 9.94. The molecule has 2 rings (SSSR count). The summed E-state index contributed by atoms with van der Waals surface area (Å²) in [5, 5.41) is 2.57. The van der Waals surface area contributed by atoms with Crippen molar-refractivity contribution in [2.24, 2.45) is 11.7 Å². The van der Waals surface area contributed by atoms with Gasteiger partial charge in [0.25, 0.3) is 0 Å². The van der Waals surface area contributed by atoms with Crippen LogP contribution in [0.1, 0.15) is 18.5 Å². The number of rotatable bonds is 4. The van der Waals surface area contributed by atoms with Crippen molar-refractivity contribution >= 4 is 11.6 Å². The van der Waals surface area contributed by atoms with Gasteiger partial charge >= 0.3 is 0 Å². The summed E-state index contributed by atoms with van der Waals surface area (Å²) in [5.41, 5.74) is 7.13. The predicted molar refractivity (Wildman–Crippen MR) is 77.6 cm³/mol. The molecular weight excluding hydrogens is 255 g/mol. The van der Waals surface area contributed by atoms with Crippen LogP contribution in [0.15, 0.2) is 54.6 Å². The number of nitrogens with one attached hydrogen (secondary N) is 1. The van der Waals surface area contributed by atoms with Crippen LogP contribution in [0.4, 0.5) is 10.1 Å². The van der Waals surface area contributed by atoms with E-state index in [2.05, 4.69) is 5.32 Å². The first-order valence-electron chi connectivity index (χ1n) is 6.45. The molecule has 2 atom stereocenters. The first-order valence-corrected chi connectivity index (χ1v) is 6.45. The summed E-state index contributed by atoms with van der Waals surface area (Å²) in [6.45, 7) is 1.73. The number of amides is 1. The van der Waals surface area contributed by atoms with Gasteiger partial charge in [-0.25, -0.2) is 4.39 Å². The molecule has 0 fully saturated rings. The Labute approximate surface area is 117 Å². The highest BCUT2D eigenvalue weighted by atomic mass is 19.1. The van der Waals surface area contributed by atoms with Gasteiger partial charge < -0.3 is 11.1 Å². The van der Waals surface area contributed by atoms with Crippen molar-refractivity contribution in [3.05, 3.63) is 66.0 Å². The topological polar surface area (TPSA) is 55.1 Å². The van der Waals surface area contributed by atoms with Crippen molar-refractivity contribution in [2.75, 3.05) is 5.32 Å². The lowest BCUT2D eigenvalue weighted by Gasteiger charge is -2.20. The number of halogens is 1. The Hall–Kier alpha value is -2.20. The molecule has 0 aliphatic heterocycles. The largest absolute Gasteiger partial charge is 0.323 e. The van der Waals surface area contributed by atoms with E-state index in [0.29, 0.717) is 0 Å². The van der Waals surface area contributed by atoms with Gasteiger partial charge in [-0.2, -0.15) is 0 Å². The van der Waals surface area contributed by atoms with Crippen LogP contribution in [0, 0.1) is 11.7 Å². The zero-order chi connectivity index (χ0) is 14.5. The lowest BCUT2D eigenvalue weighted by Crippen LogP contribution is -2.30. The molecule has 2 aromatic rings. The first-order chi connectivity index (χ1) is 9.59. The third kappa shape index (κ3) is 3.22. The Kier molecular flexibility index (Phi) is 4.48. The molecule has 20 heavy (non-hydrogen) atoms. The Morgan fingerprint density at radius 2 is 1.70 bits per heavy atom. The van der Waals surface area contributed by atoms with Crippen molar-refractivity contribution in [3.63, 3.8) is 0 Å². The monoisotopic (exact) mass is 272 g/mol. The standard InChI is InChI=1S/C16H17FN2O/c1-11(15(18)12-7-3-2-4-8-12)16(20)19-14-10-6-5-9-13(14)17/h2-11,15H,18H2,1H3,(H,19,20). The Bertz CT molecular complexity index is 586. The molecule has 4 heteroatoms. The normalized spacial score (nSPS) is 13.6. The number of carbonyl (C=O) groups is 1. The van der Waals surface area contributed by atoms with E-state index in [4.69, 9.17) is 5.73 Å². The molecule has 0 aromatic heterocycles. The smallest absolute Gasteiger partial charge is 0.229 e. The number of nitrogens with two attached hydrogens (primary N) is 1. The molecule has 104 valence electrons. The van der Waals surface area contributed by atoms with Gasteiger partial charge in [-0.3, -0.25) is 4.79 Å². The minimum Gasteiger partial charge on any atom is -0.323 e. The highest BCUT2D eigenvalue weighted by Gasteiger charge is 2.22. The van der Waals surface area contributed by atoms with E-state index in [1.807, 2.05) is 30.3 Å². The van der Waals surface area contributed by atoms with Crippen LogP contribution in [0.2, 0.25) is 0 Å². The van der Waals surface area contributed by atoms with Crippen LogP contribution in [-0.2, 0) is 4.79 Å². The second-order valence-electron chi connectivity index (χ2n) is 4.69. The number of hydrogen-bond acceptors (Lipinski definition) is 2. The van der Waals surface area contributed by atoms with E-state index in [0.717, 1.165) is 5.56 Å². The summed E-state index contributed by atoms with van der Waals surface area (Å²) in [4.78, 5) is 12.1. The third-order valence-electron chi connectivity index (χ3n) is 3.27. The number of benzene rings is 2. The molecule has 3 nitrogen and oxygen atoms in total. The van der Waals surface area contributed by atoms with Crippen molar-refractivity contribution in [1.82, 2.24) is 0 Å². The van der Waals surface area contributed by atoms with Gasteiger partial charge in [0, 0.05) is 6.04 Å². The van der Waals surface area contributed by atoms with Gasteiger partial charge in [0.05, 0.1) is 11.6 Å². The average molecular weight is 272 g/mol. The molecular formula is C16H17FN2O. The summed E-state index contributed by atoms with van der Waals surface area (Å²) < 4.78 is 13.5. The maximum Gasteiger partial charge on any atom is 0.229 e. The number of anilines is 1. The maximum atomic E-state index is 13.5. The fraction of sp³-hybridized carbons (Fsp3) is 0.188. The van der Waals surface area contributed by atoms with E-state index >= 15 is 0 Å². The maximum absolute atomic E-state index is 13.5. The Balaban J connectivity index is 2.08. The highest BCUT2D eigenvalue weighted by molar-refractivity contribution is 5.93. The minimum absolute atomic E-state index is 0.171. The van der Waals surface area contributed by atoms with Gasteiger partial charge in [-0.1, -0.05) is 49.4 Å². The third-order valence-corrected chi connectivity index (χ3v) is 3.27. The highest BCUT2D eigenvalue weighted by Crippen LogP contribution is 2.21.